The second-order valence-electron chi connectivity index (χ2n) is 5.05. The van der Waals surface area contributed by atoms with Crippen LogP contribution in [-0.4, -0.2) is 26.9 Å². The van der Waals surface area contributed by atoms with Crippen LogP contribution in [0, 0.1) is 0 Å². The van der Waals surface area contributed by atoms with Gasteiger partial charge in [-0.15, -0.1) is 5.10 Å². The lowest BCUT2D eigenvalue weighted by Gasteiger charge is -2.11. The van der Waals surface area contributed by atoms with Gasteiger partial charge in [0, 0.05) is 12.6 Å². The summed E-state index contributed by atoms with van der Waals surface area (Å²) in [5.41, 5.74) is 8.79. The standard InChI is InChI=1S/C14H17N5O/c15-7-13-8-19(18-17-13)9-14(20)16-12-5-10-3-1-2-4-11(10)6-12/h1-4,8,12H,5-7,9,15H2,(H,16,20). The maximum atomic E-state index is 12.0. The number of amides is 1. The highest BCUT2D eigenvalue weighted by Crippen LogP contribution is 2.21. The molecule has 0 unspecified atom stereocenters. The van der Waals surface area contributed by atoms with E-state index in [1.807, 2.05) is 12.1 Å². The molecule has 6 heteroatoms. The van der Waals surface area contributed by atoms with Gasteiger partial charge in [-0.25, -0.2) is 4.68 Å². The summed E-state index contributed by atoms with van der Waals surface area (Å²) >= 11 is 0. The summed E-state index contributed by atoms with van der Waals surface area (Å²) in [5, 5.41) is 10.8. The van der Waals surface area contributed by atoms with E-state index in [1.54, 1.807) is 6.20 Å². The second kappa shape index (κ2) is 5.42. The van der Waals surface area contributed by atoms with Gasteiger partial charge in [0.15, 0.2) is 0 Å². The molecule has 104 valence electrons. The summed E-state index contributed by atoms with van der Waals surface area (Å²) in [7, 11) is 0. The molecule has 0 bridgehead atoms. The normalized spacial score (nSPS) is 14.2. The summed E-state index contributed by atoms with van der Waals surface area (Å²) in [6, 6.07) is 8.48. The van der Waals surface area contributed by atoms with E-state index in [9.17, 15) is 4.79 Å². The number of nitrogens with one attached hydrogen (secondary N) is 1. The number of benzene rings is 1. The molecular formula is C14H17N5O. The van der Waals surface area contributed by atoms with Gasteiger partial charge >= 0.3 is 0 Å². The summed E-state index contributed by atoms with van der Waals surface area (Å²) in [5.74, 6) is -0.0451. The molecule has 3 N–H and O–H groups in total. The van der Waals surface area contributed by atoms with Crippen molar-refractivity contribution in [3.8, 4) is 0 Å². The first-order chi connectivity index (χ1) is 9.74. The van der Waals surface area contributed by atoms with Gasteiger partial charge in [-0.3, -0.25) is 4.79 Å². The number of rotatable bonds is 4. The molecule has 2 aromatic rings. The number of hydrogen-bond donors (Lipinski definition) is 2. The van der Waals surface area contributed by atoms with Crippen molar-refractivity contribution in [2.45, 2.75) is 32.0 Å². The zero-order valence-electron chi connectivity index (χ0n) is 11.1. The van der Waals surface area contributed by atoms with Crippen LogP contribution in [0.2, 0.25) is 0 Å². The fraction of sp³-hybridized carbons (Fsp3) is 0.357. The van der Waals surface area contributed by atoms with E-state index in [1.165, 1.54) is 15.8 Å². The zero-order chi connectivity index (χ0) is 13.9. The molecule has 1 aromatic heterocycles. The van der Waals surface area contributed by atoms with Crippen LogP contribution in [0.4, 0.5) is 0 Å². The fourth-order valence-corrected chi connectivity index (χ4v) is 2.59. The van der Waals surface area contributed by atoms with Crippen LogP contribution < -0.4 is 11.1 Å². The molecule has 6 nitrogen and oxygen atoms in total. The van der Waals surface area contributed by atoms with Crippen molar-refractivity contribution in [2.75, 3.05) is 0 Å². The van der Waals surface area contributed by atoms with Crippen LogP contribution in [0.1, 0.15) is 16.8 Å². The Bertz CT molecular complexity index is 597. The number of carbonyl (C=O) groups excluding carboxylic acids is 1. The van der Waals surface area contributed by atoms with Gasteiger partial charge in [0.25, 0.3) is 0 Å². The number of nitrogens with zero attached hydrogens (tertiary/aromatic N) is 3. The number of aromatic nitrogens is 3. The van der Waals surface area contributed by atoms with E-state index in [-0.39, 0.29) is 18.5 Å². The highest BCUT2D eigenvalue weighted by atomic mass is 16.2. The Hall–Kier alpha value is -2.21. The first-order valence-corrected chi connectivity index (χ1v) is 6.70. The summed E-state index contributed by atoms with van der Waals surface area (Å²) < 4.78 is 1.51. The van der Waals surface area contributed by atoms with Gasteiger partial charge in [-0.2, -0.15) is 0 Å². The molecule has 0 aliphatic heterocycles. The molecule has 1 aliphatic rings. The van der Waals surface area contributed by atoms with Crippen molar-refractivity contribution in [2.24, 2.45) is 5.73 Å². The van der Waals surface area contributed by atoms with E-state index in [4.69, 9.17) is 5.73 Å². The Labute approximate surface area is 117 Å². The van der Waals surface area contributed by atoms with Crippen molar-refractivity contribution in [3.63, 3.8) is 0 Å². The third kappa shape index (κ3) is 2.70. The lowest BCUT2D eigenvalue weighted by Crippen LogP contribution is -2.37. The van der Waals surface area contributed by atoms with Gasteiger partial charge < -0.3 is 11.1 Å². The second-order valence-corrected chi connectivity index (χ2v) is 5.05. The maximum Gasteiger partial charge on any atom is 0.242 e. The zero-order valence-corrected chi connectivity index (χ0v) is 11.1. The lowest BCUT2D eigenvalue weighted by molar-refractivity contribution is -0.122. The Morgan fingerprint density at radius 1 is 1.35 bits per heavy atom. The minimum atomic E-state index is -0.0451. The predicted molar refractivity (Wildman–Crippen MR) is 73.7 cm³/mol. The fourth-order valence-electron chi connectivity index (χ4n) is 2.59. The smallest absolute Gasteiger partial charge is 0.242 e. The van der Waals surface area contributed by atoms with Gasteiger partial charge in [0.1, 0.15) is 6.54 Å². The molecule has 0 saturated heterocycles. The van der Waals surface area contributed by atoms with Crippen molar-refractivity contribution < 1.29 is 4.79 Å². The monoisotopic (exact) mass is 271 g/mol. The highest BCUT2D eigenvalue weighted by molar-refractivity contribution is 5.76. The van der Waals surface area contributed by atoms with Gasteiger partial charge in [-0.05, 0) is 24.0 Å². The average molecular weight is 271 g/mol. The number of nitrogens with two attached hydrogens (primary N) is 1. The topological polar surface area (TPSA) is 85.8 Å². The summed E-state index contributed by atoms with van der Waals surface area (Å²) in [6.07, 6.45) is 3.49. The minimum Gasteiger partial charge on any atom is -0.351 e. The van der Waals surface area contributed by atoms with Crippen LogP contribution in [0.25, 0.3) is 0 Å². The Kier molecular flexibility index (Phi) is 3.47. The summed E-state index contributed by atoms with van der Waals surface area (Å²) in [4.78, 5) is 12.0. The third-order valence-electron chi connectivity index (χ3n) is 3.52. The third-order valence-corrected chi connectivity index (χ3v) is 3.52. The maximum absolute atomic E-state index is 12.0. The summed E-state index contributed by atoms with van der Waals surface area (Å²) in [6.45, 7) is 0.513. The molecule has 0 radical (unpaired) electrons. The number of hydrogen-bond acceptors (Lipinski definition) is 4. The highest BCUT2D eigenvalue weighted by Gasteiger charge is 2.22. The molecule has 0 fully saturated rings. The SMILES string of the molecule is NCc1cn(CC(=O)NC2Cc3ccccc3C2)nn1. The molecule has 1 aliphatic carbocycles. The van der Waals surface area contributed by atoms with Crippen molar-refractivity contribution in [3.05, 3.63) is 47.3 Å². The van der Waals surface area contributed by atoms with Crippen LogP contribution >= 0.6 is 0 Å². The largest absolute Gasteiger partial charge is 0.351 e. The van der Waals surface area contributed by atoms with E-state index < -0.39 is 0 Å². The molecule has 0 atom stereocenters. The number of fused-ring (bicyclic) bond motifs is 1. The first-order valence-electron chi connectivity index (χ1n) is 6.70. The van der Waals surface area contributed by atoms with Crippen molar-refractivity contribution >= 4 is 5.91 Å². The Balaban J connectivity index is 1.55. The molecular weight excluding hydrogens is 254 g/mol. The van der Waals surface area contributed by atoms with E-state index >= 15 is 0 Å². The molecule has 1 aromatic carbocycles. The molecule has 1 heterocycles. The van der Waals surface area contributed by atoms with Crippen LogP contribution in [-0.2, 0) is 30.7 Å². The van der Waals surface area contributed by atoms with Gasteiger partial charge in [0.2, 0.25) is 5.91 Å². The predicted octanol–water partition coefficient (Wildman–Crippen LogP) is 0.0204. The molecule has 0 spiro atoms. The Morgan fingerprint density at radius 2 is 2.05 bits per heavy atom. The Morgan fingerprint density at radius 3 is 2.65 bits per heavy atom. The van der Waals surface area contributed by atoms with Gasteiger partial charge in [-0.1, -0.05) is 29.5 Å². The van der Waals surface area contributed by atoms with Crippen molar-refractivity contribution in [1.82, 2.24) is 20.3 Å². The van der Waals surface area contributed by atoms with Crippen LogP contribution in [0.5, 0.6) is 0 Å². The minimum absolute atomic E-state index is 0.0451. The van der Waals surface area contributed by atoms with Gasteiger partial charge in [0.05, 0.1) is 11.9 Å². The number of carbonyl (C=O) groups is 1. The molecule has 0 saturated carbocycles. The van der Waals surface area contributed by atoms with E-state index in [2.05, 4.69) is 27.8 Å². The molecule has 3 rings (SSSR count). The van der Waals surface area contributed by atoms with E-state index in [0.717, 1.165) is 12.8 Å². The molecule has 1 amide bonds. The average Bonchev–Trinajstić information content (AvgIpc) is 3.04. The molecule has 20 heavy (non-hydrogen) atoms. The lowest BCUT2D eigenvalue weighted by atomic mass is 10.1. The van der Waals surface area contributed by atoms with Crippen LogP contribution in [0.3, 0.4) is 0 Å². The first kappa shape index (κ1) is 12.8. The van der Waals surface area contributed by atoms with Crippen molar-refractivity contribution in [1.29, 1.82) is 0 Å². The quantitative estimate of drug-likeness (QED) is 0.821. The van der Waals surface area contributed by atoms with E-state index in [0.29, 0.717) is 12.2 Å². The van der Waals surface area contributed by atoms with Crippen LogP contribution in [0.15, 0.2) is 30.5 Å².